The Balaban J connectivity index is 2.62. The molecule has 0 fully saturated rings. The molecule has 3 nitrogen and oxygen atoms in total. The predicted octanol–water partition coefficient (Wildman–Crippen LogP) is 3.54. The Morgan fingerprint density at radius 2 is 2.06 bits per heavy atom. The summed E-state index contributed by atoms with van der Waals surface area (Å²) in [6.45, 7) is 8.52. The van der Waals surface area contributed by atoms with Crippen molar-refractivity contribution in [2.24, 2.45) is 0 Å². The number of fused-ring (bicyclic) bond motifs is 1. The van der Waals surface area contributed by atoms with Crippen LogP contribution in [-0.2, 0) is 0 Å². The van der Waals surface area contributed by atoms with Crippen LogP contribution < -0.4 is 4.90 Å². The van der Waals surface area contributed by atoms with Crippen molar-refractivity contribution in [2.45, 2.75) is 40.2 Å². The molecule has 2 aromatic heterocycles. The van der Waals surface area contributed by atoms with Gasteiger partial charge in [-0.3, -0.25) is 0 Å². The van der Waals surface area contributed by atoms with Crippen LogP contribution in [0.25, 0.3) is 10.2 Å². The number of anilines is 1. The standard InChI is InChI=1S/C13H19N3S/c1-6-9(3)16(5)12-11-8(2)7-17-13(11)15-10(4)14-12/h7,9H,6H2,1-5H3. The fourth-order valence-electron chi connectivity index (χ4n) is 1.90. The molecule has 0 aliphatic heterocycles. The first-order valence-corrected chi connectivity index (χ1v) is 6.87. The van der Waals surface area contributed by atoms with Crippen molar-refractivity contribution >= 4 is 27.4 Å². The normalized spacial score (nSPS) is 13.0. The zero-order chi connectivity index (χ0) is 12.6. The Kier molecular flexibility index (Phi) is 3.33. The highest BCUT2D eigenvalue weighted by Crippen LogP contribution is 2.31. The number of aryl methyl sites for hydroxylation is 2. The van der Waals surface area contributed by atoms with Crippen molar-refractivity contribution in [1.82, 2.24) is 9.97 Å². The molecule has 2 rings (SSSR count). The van der Waals surface area contributed by atoms with Gasteiger partial charge >= 0.3 is 0 Å². The fourth-order valence-corrected chi connectivity index (χ4v) is 2.87. The van der Waals surface area contributed by atoms with Crippen molar-refractivity contribution in [3.8, 4) is 0 Å². The third kappa shape index (κ3) is 2.14. The van der Waals surface area contributed by atoms with Crippen molar-refractivity contribution in [1.29, 1.82) is 0 Å². The van der Waals surface area contributed by atoms with E-state index >= 15 is 0 Å². The Hall–Kier alpha value is -1.16. The maximum Gasteiger partial charge on any atom is 0.141 e. The lowest BCUT2D eigenvalue weighted by molar-refractivity contribution is 0.657. The molecule has 0 saturated carbocycles. The molecule has 0 aliphatic rings. The summed E-state index contributed by atoms with van der Waals surface area (Å²) in [5, 5.41) is 3.37. The maximum atomic E-state index is 4.62. The van der Waals surface area contributed by atoms with E-state index in [0.29, 0.717) is 6.04 Å². The van der Waals surface area contributed by atoms with E-state index in [0.717, 1.165) is 22.9 Å². The second-order valence-electron chi connectivity index (χ2n) is 4.56. The van der Waals surface area contributed by atoms with Crippen molar-refractivity contribution in [3.05, 3.63) is 16.8 Å². The van der Waals surface area contributed by atoms with Crippen molar-refractivity contribution in [2.75, 3.05) is 11.9 Å². The Labute approximate surface area is 107 Å². The third-order valence-corrected chi connectivity index (χ3v) is 4.29. The van der Waals surface area contributed by atoms with Crippen LogP contribution in [0.1, 0.15) is 31.7 Å². The van der Waals surface area contributed by atoms with E-state index in [1.54, 1.807) is 11.3 Å². The van der Waals surface area contributed by atoms with Gasteiger partial charge in [-0.05, 0) is 38.1 Å². The first kappa shape index (κ1) is 12.3. The van der Waals surface area contributed by atoms with Gasteiger partial charge in [0, 0.05) is 13.1 Å². The highest BCUT2D eigenvalue weighted by molar-refractivity contribution is 7.17. The lowest BCUT2D eigenvalue weighted by atomic mass is 10.2. The number of aromatic nitrogens is 2. The van der Waals surface area contributed by atoms with Gasteiger partial charge in [0.25, 0.3) is 0 Å². The average Bonchev–Trinajstić information content (AvgIpc) is 2.68. The molecule has 2 aromatic rings. The van der Waals surface area contributed by atoms with Crippen molar-refractivity contribution < 1.29 is 0 Å². The highest BCUT2D eigenvalue weighted by atomic mass is 32.1. The molecule has 2 heterocycles. The minimum Gasteiger partial charge on any atom is -0.356 e. The number of nitrogens with zero attached hydrogens (tertiary/aromatic N) is 3. The van der Waals surface area contributed by atoms with Gasteiger partial charge in [-0.1, -0.05) is 6.92 Å². The number of hydrogen-bond donors (Lipinski definition) is 0. The molecule has 17 heavy (non-hydrogen) atoms. The second kappa shape index (κ2) is 4.61. The lowest BCUT2D eigenvalue weighted by Crippen LogP contribution is -2.29. The van der Waals surface area contributed by atoms with Crippen LogP contribution in [0.15, 0.2) is 5.38 Å². The molecule has 0 radical (unpaired) electrons. The molecule has 0 N–H and O–H groups in total. The molecule has 4 heteroatoms. The summed E-state index contributed by atoms with van der Waals surface area (Å²) in [4.78, 5) is 12.5. The van der Waals surface area contributed by atoms with E-state index in [9.17, 15) is 0 Å². The first-order valence-electron chi connectivity index (χ1n) is 5.99. The zero-order valence-electron chi connectivity index (χ0n) is 11.1. The highest BCUT2D eigenvalue weighted by Gasteiger charge is 2.16. The molecular weight excluding hydrogens is 230 g/mol. The van der Waals surface area contributed by atoms with Gasteiger partial charge in [0.15, 0.2) is 0 Å². The molecule has 0 amide bonds. The Bertz CT molecular complexity index is 533. The zero-order valence-corrected chi connectivity index (χ0v) is 11.9. The molecule has 0 saturated heterocycles. The molecule has 0 bridgehead atoms. The van der Waals surface area contributed by atoms with Gasteiger partial charge in [0.1, 0.15) is 16.5 Å². The Morgan fingerprint density at radius 3 is 2.71 bits per heavy atom. The molecular formula is C13H19N3S. The summed E-state index contributed by atoms with van der Waals surface area (Å²) in [5.41, 5.74) is 1.27. The smallest absolute Gasteiger partial charge is 0.141 e. The summed E-state index contributed by atoms with van der Waals surface area (Å²) < 4.78 is 0. The number of hydrogen-bond acceptors (Lipinski definition) is 4. The monoisotopic (exact) mass is 249 g/mol. The molecule has 0 aliphatic carbocycles. The summed E-state index contributed by atoms with van der Waals surface area (Å²) >= 11 is 1.70. The molecule has 92 valence electrons. The summed E-state index contributed by atoms with van der Waals surface area (Å²) in [6.07, 6.45) is 1.12. The van der Waals surface area contributed by atoms with Crippen LogP contribution in [0.4, 0.5) is 5.82 Å². The van der Waals surface area contributed by atoms with E-state index in [1.807, 2.05) is 6.92 Å². The maximum absolute atomic E-state index is 4.62. The van der Waals surface area contributed by atoms with Gasteiger partial charge in [0.05, 0.1) is 5.39 Å². The van der Waals surface area contributed by atoms with E-state index in [1.165, 1.54) is 10.9 Å². The molecule has 1 atom stereocenters. The molecule has 1 unspecified atom stereocenters. The number of rotatable bonds is 3. The molecule has 0 spiro atoms. The van der Waals surface area contributed by atoms with Crippen LogP contribution in [0, 0.1) is 13.8 Å². The summed E-state index contributed by atoms with van der Waals surface area (Å²) in [5.74, 6) is 1.92. The predicted molar refractivity (Wildman–Crippen MR) is 75.0 cm³/mol. The van der Waals surface area contributed by atoms with Crippen LogP contribution in [0.2, 0.25) is 0 Å². The van der Waals surface area contributed by atoms with Gasteiger partial charge in [-0.25, -0.2) is 9.97 Å². The van der Waals surface area contributed by atoms with Crippen molar-refractivity contribution in [3.63, 3.8) is 0 Å². The molecule has 0 aromatic carbocycles. The van der Waals surface area contributed by atoms with Gasteiger partial charge in [-0.2, -0.15) is 0 Å². The largest absolute Gasteiger partial charge is 0.356 e. The minimum absolute atomic E-state index is 0.492. The second-order valence-corrected chi connectivity index (χ2v) is 5.42. The quantitative estimate of drug-likeness (QED) is 0.833. The summed E-state index contributed by atoms with van der Waals surface area (Å²) in [6, 6.07) is 0.492. The minimum atomic E-state index is 0.492. The van der Waals surface area contributed by atoms with Crippen LogP contribution in [-0.4, -0.2) is 23.1 Å². The van der Waals surface area contributed by atoms with E-state index < -0.39 is 0 Å². The average molecular weight is 249 g/mol. The van der Waals surface area contributed by atoms with Crippen LogP contribution in [0.5, 0.6) is 0 Å². The van der Waals surface area contributed by atoms with Gasteiger partial charge < -0.3 is 4.90 Å². The number of thiophene rings is 1. The van der Waals surface area contributed by atoms with E-state index in [4.69, 9.17) is 0 Å². The summed E-state index contributed by atoms with van der Waals surface area (Å²) in [7, 11) is 2.12. The topological polar surface area (TPSA) is 29.0 Å². The first-order chi connectivity index (χ1) is 8.04. The van der Waals surface area contributed by atoms with Gasteiger partial charge in [0.2, 0.25) is 0 Å². The SMILES string of the molecule is CCC(C)N(C)c1nc(C)nc2scc(C)c12. The lowest BCUT2D eigenvalue weighted by Gasteiger charge is -2.26. The van der Waals surface area contributed by atoms with E-state index in [-0.39, 0.29) is 0 Å². The third-order valence-electron chi connectivity index (χ3n) is 3.30. The van der Waals surface area contributed by atoms with Crippen LogP contribution in [0.3, 0.4) is 0 Å². The van der Waals surface area contributed by atoms with E-state index in [2.05, 4.69) is 48.1 Å². The van der Waals surface area contributed by atoms with Crippen LogP contribution >= 0.6 is 11.3 Å². The Morgan fingerprint density at radius 1 is 1.35 bits per heavy atom. The fraction of sp³-hybridized carbons (Fsp3) is 0.538. The van der Waals surface area contributed by atoms with Gasteiger partial charge in [-0.15, -0.1) is 11.3 Å².